The Morgan fingerprint density at radius 2 is 2.00 bits per heavy atom. The van der Waals surface area contributed by atoms with Crippen LogP contribution in [0.1, 0.15) is 35.3 Å². The summed E-state index contributed by atoms with van der Waals surface area (Å²) >= 11 is 1.64. The maximum atomic E-state index is 5.52. The fourth-order valence-electron chi connectivity index (χ4n) is 1.87. The maximum absolute atomic E-state index is 5.52. The summed E-state index contributed by atoms with van der Waals surface area (Å²) in [7, 11) is 0. The van der Waals surface area contributed by atoms with E-state index in [1.165, 1.54) is 4.88 Å². The van der Waals surface area contributed by atoms with Crippen molar-refractivity contribution in [2.45, 2.75) is 40.2 Å². The molecule has 0 aromatic carbocycles. The monoisotopic (exact) mass is 292 g/mol. The van der Waals surface area contributed by atoms with E-state index in [0.717, 1.165) is 35.7 Å². The van der Waals surface area contributed by atoms with Gasteiger partial charge in [-0.1, -0.05) is 6.92 Å². The third kappa shape index (κ3) is 3.23. The van der Waals surface area contributed by atoms with Crippen LogP contribution in [-0.4, -0.2) is 15.0 Å². The lowest BCUT2D eigenvalue weighted by atomic mass is 10.2. The molecule has 0 aliphatic heterocycles. The predicted octanol–water partition coefficient (Wildman–Crippen LogP) is 2.40. The molecule has 0 bridgehead atoms. The van der Waals surface area contributed by atoms with Crippen LogP contribution < -0.4 is 16.6 Å². The van der Waals surface area contributed by atoms with Crippen molar-refractivity contribution in [3.8, 4) is 0 Å². The number of hydrogen-bond donors (Lipinski definition) is 3. The Morgan fingerprint density at radius 1 is 1.25 bits per heavy atom. The van der Waals surface area contributed by atoms with Crippen LogP contribution in [0.15, 0.2) is 5.51 Å². The first kappa shape index (κ1) is 14.7. The number of nitrogens with two attached hydrogens (primary N) is 1. The number of rotatable bonds is 6. The molecular weight excluding hydrogens is 272 g/mol. The van der Waals surface area contributed by atoms with E-state index in [0.29, 0.717) is 12.4 Å². The number of nitrogen functional groups attached to an aromatic ring is 1. The van der Waals surface area contributed by atoms with E-state index in [9.17, 15) is 0 Å². The van der Waals surface area contributed by atoms with E-state index in [1.807, 2.05) is 19.4 Å². The molecular formula is C13H20N6S. The summed E-state index contributed by atoms with van der Waals surface area (Å²) in [5, 5.41) is 3.35. The number of hydrazine groups is 1. The minimum atomic E-state index is 0.673. The summed E-state index contributed by atoms with van der Waals surface area (Å²) < 4.78 is 0. The number of anilines is 2. The second-order valence-corrected chi connectivity index (χ2v) is 5.51. The number of aryl methyl sites for hydroxylation is 2. The molecule has 0 saturated heterocycles. The second-order valence-electron chi connectivity index (χ2n) is 4.57. The van der Waals surface area contributed by atoms with Crippen molar-refractivity contribution in [3.63, 3.8) is 0 Å². The number of hydrogen-bond acceptors (Lipinski definition) is 7. The predicted molar refractivity (Wildman–Crippen MR) is 82.8 cm³/mol. The molecule has 0 spiro atoms. The summed E-state index contributed by atoms with van der Waals surface area (Å²) in [5.41, 5.74) is 6.48. The fraction of sp³-hybridized carbons (Fsp3) is 0.462. The van der Waals surface area contributed by atoms with Crippen molar-refractivity contribution in [3.05, 3.63) is 27.5 Å². The van der Waals surface area contributed by atoms with E-state index in [2.05, 4.69) is 32.6 Å². The van der Waals surface area contributed by atoms with Crippen LogP contribution in [0, 0.1) is 13.8 Å². The van der Waals surface area contributed by atoms with Gasteiger partial charge in [-0.25, -0.2) is 20.8 Å². The minimum absolute atomic E-state index is 0.673. The van der Waals surface area contributed by atoms with E-state index < -0.39 is 0 Å². The Bertz CT molecular complexity index is 580. The van der Waals surface area contributed by atoms with Crippen LogP contribution in [0.2, 0.25) is 0 Å². The lowest BCUT2D eigenvalue weighted by Crippen LogP contribution is -2.15. The van der Waals surface area contributed by atoms with Gasteiger partial charge in [-0.3, -0.25) is 0 Å². The van der Waals surface area contributed by atoms with Gasteiger partial charge >= 0.3 is 0 Å². The second kappa shape index (κ2) is 6.62. The highest BCUT2D eigenvalue weighted by Gasteiger charge is 2.10. The Morgan fingerprint density at radius 3 is 2.60 bits per heavy atom. The van der Waals surface area contributed by atoms with Crippen molar-refractivity contribution in [1.82, 2.24) is 15.0 Å². The topological polar surface area (TPSA) is 88.8 Å². The molecule has 2 aromatic heterocycles. The van der Waals surface area contributed by atoms with Gasteiger partial charge in [-0.2, -0.15) is 0 Å². The van der Waals surface area contributed by atoms with Crippen LogP contribution in [0.5, 0.6) is 0 Å². The van der Waals surface area contributed by atoms with Crippen LogP contribution >= 0.6 is 11.3 Å². The molecule has 6 nitrogen and oxygen atoms in total. The fourth-order valence-corrected chi connectivity index (χ4v) is 2.59. The molecule has 20 heavy (non-hydrogen) atoms. The van der Waals surface area contributed by atoms with Crippen molar-refractivity contribution >= 4 is 23.0 Å². The summed E-state index contributed by atoms with van der Waals surface area (Å²) in [4.78, 5) is 14.4. The number of aromatic nitrogens is 3. The average Bonchev–Trinajstić information content (AvgIpc) is 2.84. The molecule has 0 aliphatic rings. The van der Waals surface area contributed by atoms with E-state index in [-0.39, 0.29) is 0 Å². The molecule has 0 fully saturated rings. The molecule has 2 heterocycles. The molecule has 7 heteroatoms. The van der Waals surface area contributed by atoms with Gasteiger partial charge < -0.3 is 10.7 Å². The standard InChI is InChI=1S/C13H20N6S/c1-4-5-11-17-12(8(2)13(18-11)19-14)15-6-10-9(3)16-7-20-10/h7H,4-6,14H2,1-3H3,(H2,15,17,18,19). The van der Waals surface area contributed by atoms with E-state index in [1.54, 1.807) is 11.3 Å². The average molecular weight is 292 g/mol. The molecule has 0 atom stereocenters. The van der Waals surface area contributed by atoms with Crippen LogP contribution in [0.4, 0.5) is 11.6 Å². The third-order valence-electron chi connectivity index (χ3n) is 3.06. The van der Waals surface area contributed by atoms with Gasteiger partial charge in [0.05, 0.1) is 17.7 Å². The normalized spacial score (nSPS) is 10.6. The van der Waals surface area contributed by atoms with Gasteiger partial charge in [-0.15, -0.1) is 11.3 Å². The van der Waals surface area contributed by atoms with Gasteiger partial charge in [0.15, 0.2) is 0 Å². The Balaban J connectivity index is 2.21. The number of nitrogens with one attached hydrogen (secondary N) is 2. The number of thiazole rings is 1. The molecule has 0 amide bonds. The molecule has 4 N–H and O–H groups in total. The third-order valence-corrected chi connectivity index (χ3v) is 4.00. The summed E-state index contributed by atoms with van der Waals surface area (Å²) in [5.74, 6) is 7.82. The van der Waals surface area contributed by atoms with Crippen molar-refractivity contribution in [1.29, 1.82) is 0 Å². The summed E-state index contributed by atoms with van der Waals surface area (Å²) in [6.07, 6.45) is 1.84. The molecule has 0 aliphatic carbocycles. The summed E-state index contributed by atoms with van der Waals surface area (Å²) in [6, 6.07) is 0. The zero-order valence-electron chi connectivity index (χ0n) is 12.0. The van der Waals surface area contributed by atoms with Crippen molar-refractivity contribution in [2.24, 2.45) is 5.84 Å². The first-order valence-electron chi connectivity index (χ1n) is 6.62. The lowest BCUT2D eigenvalue weighted by Gasteiger charge is -2.13. The first-order chi connectivity index (χ1) is 9.65. The van der Waals surface area contributed by atoms with Gasteiger partial charge in [0.25, 0.3) is 0 Å². The largest absolute Gasteiger partial charge is 0.365 e. The summed E-state index contributed by atoms with van der Waals surface area (Å²) in [6.45, 7) is 6.78. The van der Waals surface area contributed by atoms with Gasteiger partial charge in [0.1, 0.15) is 17.5 Å². The smallest absolute Gasteiger partial charge is 0.148 e. The highest BCUT2D eigenvalue weighted by Crippen LogP contribution is 2.21. The van der Waals surface area contributed by atoms with Crippen molar-refractivity contribution < 1.29 is 0 Å². The molecule has 0 radical (unpaired) electrons. The molecule has 2 aromatic rings. The Kier molecular flexibility index (Phi) is 4.86. The number of nitrogens with zero attached hydrogens (tertiary/aromatic N) is 3. The lowest BCUT2D eigenvalue weighted by molar-refractivity contribution is 0.830. The van der Waals surface area contributed by atoms with Gasteiger partial charge in [0, 0.05) is 16.9 Å². The zero-order chi connectivity index (χ0) is 14.5. The van der Waals surface area contributed by atoms with E-state index in [4.69, 9.17) is 5.84 Å². The molecule has 0 saturated carbocycles. The minimum Gasteiger partial charge on any atom is -0.365 e. The van der Waals surface area contributed by atoms with Crippen LogP contribution in [0.3, 0.4) is 0 Å². The van der Waals surface area contributed by atoms with E-state index >= 15 is 0 Å². The van der Waals surface area contributed by atoms with Gasteiger partial charge in [0.2, 0.25) is 0 Å². The highest BCUT2D eigenvalue weighted by molar-refractivity contribution is 7.09. The quantitative estimate of drug-likeness (QED) is 0.559. The van der Waals surface area contributed by atoms with Crippen LogP contribution in [-0.2, 0) is 13.0 Å². The first-order valence-corrected chi connectivity index (χ1v) is 7.50. The van der Waals surface area contributed by atoms with Crippen molar-refractivity contribution in [2.75, 3.05) is 10.7 Å². The molecule has 2 rings (SSSR count). The molecule has 0 unspecified atom stereocenters. The highest BCUT2D eigenvalue weighted by atomic mass is 32.1. The van der Waals surface area contributed by atoms with Crippen LogP contribution in [0.25, 0.3) is 0 Å². The SMILES string of the molecule is CCCc1nc(NN)c(C)c(NCc2scnc2C)n1. The Labute approximate surface area is 122 Å². The van der Waals surface area contributed by atoms with Gasteiger partial charge in [-0.05, 0) is 20.3 Å². The Hall–Kier alpha value is -1.73. The zero-order valence-corrected chi connectivity index (χ0v) is 12.8. The maximum Gasteiger partial charge on any atom is 0.148 e. The molecule has 108 valence electrons.